The Hall–Kier alpha value is -0.530. The first-order valence-corrected chi connectivity index (χ1v) is 6.63. The number of unbranched alkanes of at least 4 members (excludes halogenated alkanes) is 1. The fourth-order valence-corrected chi connectivity index (χ4v) is 1.94. The molecule has 0 bridgehead atoms. The minimum Gasteiger partial charge on any atom is -0.313 e. The molecule has 90 valence electrons. The smallest absolute Gasteiger partial charge is 0.0453 e. The third kappa shape index (κ3) is 4.54. The molecule has 1 N–H and O–H groups in total. The predicted molar refractivity (Wildman–Crippen MR) is 72.1 cm³/mol. The Morgan fingerprint density at radius 3 is 2.62 bits per heavy atom. The third-order valence-electron chi connectivity index (χ3n) is 2.68. The third-order valence-corrected chi connectivity index (χ3v) is 3.03. The van der Waals surface area contributed by atoms with Gasteiger partial charge in [-0.05, 0) is 43.0 Å². The molecule has 0 radical (unpaired) electrons. The van der Waals surface area contributed by atoms with Crippen LogP contribution in [0.2, 0.25) is 5.02 Å². The molecule has 1 aromatic rings. The van der Waals surface area contributed by atoms with Gasteiger partial charge in [0.15, 0.2) is 0 Å². The summed E-state index contributed by atoms with van der Waals surface area (Å²) in [6.45, 7) is 6.31. The molecule has 0 saturated heterocycles. The first-order chi connectivity index (χ1) is 7.77. The maximum Gasteiger partial charge on any atom is 0.0453 e. The van der Waals surface area contributed by atoms with Crippen molar-refractivity contribution in [2.24, 2.45) is 0 Å². The molecule has 2 heteroatoms. The van der Waals surface area contributed by atoms with Crippen molar-refractivity contribution in [3.8, 4) is 0 Å². The van der Waals surface area contributed by atoms with E-state index in [1.807, 2.05) is 0 Å². The molecule has 0 saturated carbocycles. The van der Waals surface area contributed by atoms with Gasteiger partial charge < -0.3 is 5.32 Å². The molecule has 0 fully saturated rings. The minimum absolute atomic E-state index is 0.876. The normalized spacial score (nSPS) is 10.7. The number of hydrogen-bond acceptors (Lipinski definition) is 1. The first-order valence-electron chi connectivity index (χ1n) is 6.26. The molecule has 0 spiro atoms. The van der Waals surface area contributed by atoms with Crippen molar-refractivity contribution < 1.29 is 0 Å². The average Bonchev–Trinajstić information content (AvgIpc) is 2.29. The van der Waals surface area contributed by atoms with Crippen LogP contribution in [0.3, 0.4) is 0 Å². The molecular formula is C14H22ClN. The lowest BCUT2D eigenvalue weighted by Gasteiger charge is -2.08. The summed E-state index contributed by atoms with van der Waals surface area (Å²) in [7, 11) is 0. The topological polar surface area (TPSA) is 12.0 Å². The van der Waals surface area contributed by atoms with E-state index < -0.39 is 0 Å². The van der Waals surface area contributed by atoms with Crippen LogP contribution in [0, 0.1) is 0 Å². The summed E-state index contributed by atoms with van der Waals surface area (Å²) in [5, 5.41) is 4.27. The highest BCUT2D eigenvalue weighted by Crippen LogP contribution is 2.19. The molecule has 0 atom stereocenters. The van der Waals surface area contributed by atoms with Gasteiger partial charge in [0.25, 0.3) is 0 Å². The Bertz CT molecular complexity index is 310. The van der Waals surface area contributed by atoms with Crippen molar-refractivity contribution in [2.45, 2.75) is 46.1 Å². The number of hydrogen-bond donors (Lipinski definition) is 1. The van der Waals surface area contributed by atoms with Gasteiger partial charge in [0.05, 0.1) is 0 Å². The molecule has 0 aromatic heterocycles. The standard InChI is InChI=1S/C14H22ClN/c1-3-5-6-12-7-8-13(14(15)10-12)11-16-9-4-2/h7-8,10,16H,3-6,9,11H2,1-2H3. The lowest BCUT2D eigenvalue weighted by molar-refractivity contribution is 0.675. The van der Waals surface area contributed by atoms with Gasteiger partial charge in [0.1, 0.15) is 0 Å². The highest BCUT2D eigenvalue weighted by molar-refractivity contribution is 6.31. The summed E-state index contributed by atoms with van der Waals surface area (Å²) >= 11 is 6.25. The van der Waals surface area contributed by atoms with Gasteiger partial charge in [-0.1, -0.05) is 44.0 Å². The van der Waals surface area contributed by atoms with Gasteiger partial charge in [0, 0.05) is 11.6 Å². The van der Waals surface area contributed by atoms with Crippen molar-refractivity contribution in [1.82, 2.24) is 5.32 Å². The Balaban J connectivity index is 2.53. The fourth-order valence-electron chi connectivity index (χ4n) is 1.67. The lowest BCUT2D eigenvalue weighted by Crippen LogP contribution is -2.14. The quantitative estimate of drug-likeness (QED) is 0.704. The number of nitrogens with one attached hydrogen (secondary N) is 1. The van der Waals surface area contributed by atoms with Crippen LogP contribution in [-0.2, 0) is 13.0 Å². The van der Waals surface area contributed by atoms with Crippen LogP contribution in [0.5, 0.6) is 0 Å². The largest absolute Gasteiger partial charge is 0.313 e. The van der Waals surface area contributed by atoms with Crippen LogP contribution in [0.15, 0.2) is 18.2 Å². The van der Waals surface area contributed by atoms with Gasteiger partial charge in [-0.3, -0.25) is 0 Å². The zero-order chi connectivity index (χ0) is 11.8. The zero-order valence-electron chi connectivity index (χ0n) is 10.4. The Labute approximate surface area is 104 Å². The summed E-state index contributed by atoms with van der Waals surface area (Å²) in [4.78, 5) is 0. The summed E-state index contributed by atoms with van der Waals surface area (Å²) in [5.74, 6) is 0. The van der Waals surface area contributed by atoms with Crippen molar-refractivity contribution in [3.05, 3.63) is 34.3 Å². The van der Waals surface area contributed by atoms with E-state index in [1.165, 1.54) is 24.0 Å². The van der Waals surface area contributed by atoms with Crippen molar-refractivity contribution in [2.75, 3.05) is 6.54 Å². The zero-order valence-corrected chi connectivity index (χ0v) is 11.1. The molecule has 1 rings (SSSR count). The van der Waals surface area contributed by atoms with Crippen LogP contribution in [-0.4, -0.2) is 6.54 Å². The fraction of sp³-hybridized carbons (Fsp3) is 0.571. The van der Waals surface area contributed by atoms with Crippen LogP contribution in [0.1, 0.15) is 44.2 Å². The molecular weight excluding hydrogens is 218 g/mol. The molecule has 1 nitrogen and oxygen atoms in total. The van der Waals surface area contributed by atoms with E-state index in [9.17, 15) is 0 Å². The van der Waals surface area contributed by atoms with Gasteiger partial charge >= 0.3 is 0 Å². The molecule has 0 aliphatic carbocycles. The number of halogens is 1. The summed E-state index contributed by atoms with van der Waals surface area (Å²) < 4.78 is 0. The van der Waals surface area contributed by atoms with E-state index >= 15 is 0 Å². The first kappa shape index (κ1) is 13.5. The molecule has 0 amide bonds. The molecule has 0 aliphatic rings. The van der Waals surface area contributed by atoms with E-state index in [0.717, 1.165) is 31.0 Å². The van der Waals surface area contributed by atoms with Gasteiger partial charge in [0.2, 0.25) is 0 Å². The second kappa shape index (κ2) is 7.70. The van der Waals surface area contributed by atoms with Crippen molar-refractivity contribution >= 4 is 11.6 Å². The minimum atomic E-state index is 0.876. The number of aryl methyl sites for hydroxylation is 1. The van der Waals surface area contributed by atoms with Crippen molar-refractivity contribution in [1.29, 1.82) is 0 Å². The van der Waals surface area contributed by atoms with Gasteiger partial charge in [-0.2, -0.15) is 0 Å². The van der Waals surface area contributed by atoms with Crippen LogP contribution in [0.4, 0.5) is 0 Å². The van der Waals surface area contributed by atoms with Crippen LogP contribution < -0.4 is 5.32 Å². The van der Waals surface area contributed by atoms with E-state index in [0.29, 0.717) is 0 Å². The number of benzene rings is 1. The van der Waals surface area contributed by atoms with E-state index in [2.05, 4.69) is 37.4 Å². The highest BCUT2D eigenvalue weighted by atomic mass is 35.5. The molecule has 1 aromatic carbocycles. The molecule has 16 heavy (non-hydrogen) atoms. The van der Waals surface area contributed by atoms with Gasteiger partial charge in [-0.25, -0.2) is 0 Å². The van der Waals surface area contributed by atoms with Crippen LogP contribution in [0.25, 0.3) is 0 Å². The van der Waals surface area contributed by atoms with E-state index in [-0.39, 0.29) is 0 Å². The maximum absolute atomic E-state index is 6.25. The van der Waals surface area contributed by atoms with E-state index in [4.69, 9.17) is 11.6 Å². The second-order valence-electron chi connectivity index (χ2n) is 4.21. The second-order valence-corrected chi connectivity index (χ2v) is 4.61. The summed E-state index contributed by atoms with van der Waals surface area (Å²) in [6, 6.07) is 6.46. The monoisotopic (exact) mass is 239 g/mol. The Kier molecular flexibility index (Phi) is 6.51. The molecule has 0 aliphatic heterocycles. The maximum atomic E-state index is 6.25. The average molecular weight is 240 g/mol. The van der Waals surface area contributed by atoms with Gasteiger partial charge in [-0.15, -0.1) is 0 Å². The molecule has 0 heterocycles. The molecule has 0 unspecified atom stereocenters. The number of rotatable bonds is 7. The summed E-state index contributed by atoms with van der Waals surface area (Å²) in [6.07, 6.45) is 4.77. The lowest BCUT2D eigenvalue weighted by atomic mass is 10.1. The Morgan fingerprint density at radius 2 is 2.00 bits per heavy atom. The van der Waals surface area contributed by atoms with Crippen molar-refractivity contribution in [3.63, 3.8) is 0 Å². The van der Waals surface area contributed by atoms with E-state index in [1.54, 1.807) is 0 Å². The summed E-state index contributed by atoms with van der Waals surface area (Å²) in [5.41, 5.74) is 2.56. The Morgan fingerprint density at radius 1 is 1.19 bits per heavy atom. The SMILES string of the molecule is CCCCc1ccc(CNCCC)c(Cl)c1. The van der Waals surface area contributed by atoms with Crippen LogP contribution >= 0.6 is 11.6 Å². The predicted octanol–water partition coefficient (Wildman–Crippen LogP) is 4.18. The highest BCUT2D eigenvalue weighted by Gasteiger charge is 2.01.